The van der Waals surface area contributed by atoms with E-state index in [4.69, 9.17) is 17.0 Å². The van der Waals surface area contributed by atoms with E-state index in [1.807, 2.05) is 12.1 Å². The molecule has 1 aromatic carbocycles. The molecular formula is C20H20ClN5O2. The Morgan fingerprint density at radius 1 is 1.39 bits per heavy atom. The lowest BCUT2D eigenvalue weighted by Crippen LogP contribution is -2.26. The molecule has 1 unspecified atom stereocenters. The summed E-state index contributed by atoms with van der Waals surface area (Å²) >= 11 is 5.98. The van der Waals surface area contributed by atoms with Gasteiger partial charge in [0.2, 0.25) is 0 Å². The van der Waals surface area contributed by atoms with E-state index in [1.165, 1.54) is 10.9 Å². The van der Waals surface area contributed by atoms with Crippen molar-refractivity contribution < 1.29 is 5.11 Å². The molecule has 0 fully saturated rings. The zero-order valence-corrected chi connectivity index (χ0v) is 16.2. The van der Waals surface area contributed by atoms with Crippen molar-refractivity contribution in [2.45, 2.75) is 19.6 Å². The number of pyridine rings is 1. The Labute approximate surface area is 166 Å². The molecule has 0 radical (unpaired) electrons. The standard InChI is InChI=1S/C20H20ClN5O2/c1-12(27)10-26-11-24-19-16(20(26)28)7-17(13-3-5-15(21)6-4-13)25-18(19)14(8-22)9-23-2/h3-9,11-12,22-23,27H,10H2,1-2H3/b14-9+,22-8?. The van der Waals surface area contributed by atoms with Gasteiger partial charge in [0, 0.05) is 35.6 Å². The van der Waals surface area contributed by atoms with Gasteiger partial charge in [-0.1, -0.05) is 23.7 Å². The maximum atomic E-state index is 13.0. The average Bonchev–Trinajstić information content (AvgIpc) is 2.68. The predicted octanol–water partition coefficient (Wildman–Crippen LogP) is 2.70. The third-order valence-electron chi connectivity index (χ3n) is 4.14. The molecule has 0 aliphatic rings. The number of aromatic nitrogens is 3. The van der Waals surface area contributed by atoms with E-state index >= 15 is 0 Å². The molecule has 0 saturated carbocycles. The molecule has 3 rings (SSSR count). The number of nitrogens with zero attached hydrogens (tertiary/aromatic N) is 3. The molecule has 0 saturated heterocycles. The van der Waals surface area contributed by atoms with Gasteiger partial charge >= 0.3 is 0 Å². The second-order valence-corrected chi connectivity index (χ2v) is 6.78. The molecule has 3 aromatic rings. The van der Waals surface area contributed by atoms with Gasteiger partial charge in [-0.15, -0.1) is 0 Å². The number of rotatable bonds is 6. The monoisotopic (exact) mass is 397 g/mol. The van der Waals surface area contributed by atoms with Gasteiger partial charge in [-0.3, -0.25) is 9.36 Å². The van der Waals surface area contributed by atoms with E-state index in [0.29, 0.717) is 32.9 Å². The van der Waals surface area contributed by atoms with Crippen LogP contribution in [0.25, 0.3) is 27.7 Å². The topological polar surface area (TPSA) is 104 Å². The number of fused-ring (bicyclic) bond motifs is 1. The van der Waals surface area contributed by atoms with Crippen LogP contribution in [-0.2, 0) is 6.54 Å². The van der Waals surface area contributed by atoms with E-state index in [-0.39, 0.29) is 12.1 Å². The van der Waals surface area contributed by atoms with Gasteiger partial charge in [-0.2, -0.15) is 0 Å². The number of hydrogen-bond donors (Lipinski definition) is 3. The molecule has 2 aromatic heterocycles. The molecule has 2 heterocycles. The number of halogens is 1. The van der Waals surface area contributed by atoms with Crippen molar-refractivity contribution in [1.82, 2.24) is 19.9 Å². The van der Waals surface area contributed by atoms with Crippen LogP contribution in [0.5, 0.6) is 0 Å². The lowest BCUT2D eigenvalue weighted by atomic mass is 10.1. The molecule has 1 atom stereocenters. The first-order chi connectivity index (χ1) is 13.4. The highest BCUT2D eigenvalue weighted by Crippen LogP contribution is 2.26. The lowest BCUT2D eigenvalue weighted by molar-refractivity contribution is 0.172. The SMILES string of the molecule is CN/C=C(\C=N)c1nc(-c2ccc(Cl)cc2)cc2c(=O)n(CC(C)O)cnc12. The molecule has 0 amide bonds. The first kappa shape index (κ1) is 19.7. The van der Waals surface area contributed by atoms with Crippen LogP contribution in [-0.4, -0.2) is 39.0 Å². The largest absolute Gasteiger partial charge is 0.393 e. The summed E-state index contributed by atoms with van der Waals surface area (Å²) in [6.07, 6.45) is 3.50. The van der Waals surface area contributed by atoms with Crippen LogP contribution in [0.3, 0.4) is 0 Å². The molecule has 0 aliphatic heterocycles. The first-order valence-corrected chi connectivity index (χ1v) is 9.05. The van der Waals surface area contributed by atoms with Gasteiger partial charge in [-0.05, 0) is 25.1 Å². The molecule has 0 spiro atoms. The van der Waals surface area contributed by atoms with Crippen LogP contribution >= 0.6 is 11.6 Å². The Bertz CT molecular complexity index is 1100. The van der Waals surface area contributed by atoms with Crippen LogP contribution in [0.2, 0.25) is 5.02 Å². The third-order valence-corrected chi connectivity index (χ3v) is 4.39. The van der Waals surface area contributed by atoms with Crippen LogP contribution < -0.4 is 10.9 Å². The van der Waals surface area contributed by atoms with Crippen LogP contribution in [0.4, 0.5) is 0 Å². The minimum absolute atomic E-state index is 0.138. The fourth-order valence-electron chi connectivity index (χ4n) is 2.89. The fourth-order valence-corrected chi connectivity index (χ4v) is 3.01. The number of allylic oxidation sites excluding steroid dienone is 1. The highest BCUT2D eigenvalue weighted by atomic mass is 35.5. The first-order valence-electron chi connectivity index (χ1n) is 8.67. The minimum Gasteiger partial charge on any atom is -0.393 e. The molecule has 144 valence electrons. The van der Waals surface area contributed by atoms with Gasteiger partial charge in [0.15, 0.2) is 0 Å². The summed E-state index contributed by atoms with van der Waals surface area (Å²) in [4.78, 5) is 22.0. The van der Waals surface area contributed by atoms with Crippen molar-refractivity contribution in [2.75, 3.05) is 7.05 Å². The third kappa shape index (κ3) is 3.95. The Hall–Kier alpha value is -3.03. The minimum atomic E-state index is -0.685. The Kier molecular flexibility index (Phi) is 5.87. The van der Waals surface area contributed by atoms with E-state index < -0.39 is 6.10 Å². The molecule has 28 heavy (non-hydrogen) atoms. The second kappa shape index (κ2) is 8.33. The van der Waals surface area contributed by atoms with E-state index in [0.717, 1.165) is 11.8 Å². The summed E-state index contributed by atoms with van der Waals surface area (Å²) in [5.41, 5.74) is 2.38. The van der Waals surface area contributed by atoms with Gasteiger partial charge in [0.25, 0.3) is 5.56 Å². The smallest absolute Gasteiger partial charge is 0.261 e. The Balaban J connectivity index is 2.34. The molecule has 0 bridgehead atoms. The summed E-state index contributed by atoms with van der Waals surface area (Å²) in [5.74, 6) is 0. The van der Waals surface area contributed by atoms with Gasteiger partial charge in [0.1, 0.15) is 11.2 Å². The van der Waals surface area contributed by atoms with Crippen molar-refractivity contribution in [1.29, 1.82) is 5.41 Å². The quantitative estimate of drug-likeness (QED) is 0.555. The van der Waals surface area contributed by atoms with Gasteiger partial charge < -0.3 is 15.8 Å². The average molecular weight is 398 g/mol. The molecule has 7 nitrogen and oxygen atoms in total. The Morgan fingerprint density at radius 2 is 2.11 bits per heavy atom. The highest BCUT2D eigenvalue weighted by Gasteiger charge is 2.16. The Morgan fingerprint density at radius 3 is 2.71 bits per heavy atom. The molecule has 0 aliphatic carbocycles. The summed E-state index contributed by atoms with van der Waals surface area (Å²) in [6.45, 7) is 1.75. The van der Waals surface area contributed by atoms with E-state index in [1.54, 1.807) is 38.4 Å². The summed E-state index contributed by atoms with van der Waals surface area (Å²) in [6, 6.07) is 8.81. The number of aliphatic hydroxyl groups is 1. The number of nitrogens with one attached hydrogen (secondary N) is 2. The zero-order valence-electron chi connectivity index (χ0n) is 15.5. The summed E-state index contributed by atoms with van der Waals surface area (Å²) < 4.78 is 1.37. The maximum Gasteiger partial charge on any atom is 0.261 e. The maximum absolute atomic E-state index is 13.0. The summed E-state index contributed by atoms with van der Waals surface area (Å²) in [7, 11) is 1.72. The number of benzene rings is 1. The summed E-state index contributed by atoms with van der Waals surface area (Å²) in [5, 5.41) is 21.2. The van der Waals surface area contributed by atoms with E-state index in [9.17, 15) is 9.90 Å². The molecular weight excluding hydrogens is 378 g/mol. The van der Waals surface area contributed by atoms with Crippen LogP contribution in [0.1, 0.15) is 12.6 Å². The van der Waals surface area contributed by atoms with Crippen molar-refractivity contribution in [3.8, 4) is 11.3 Å². The van der Waals surface area contributed by atoms with Crippen molar-refractivity contribution in [3.05, 3.63) is 63.9 Å². The van der Waals surface area contributed by atoms with Crippen LogP contribution in [0, 0.1) is 5.41 Å². The van der Waals surface area contributed by atoms with Gasteiger partial charge in [-0.25, -0.2) is 9.97 Å². The van der Waals surface area contributed by atoms with Crippen molar-refractivity contribution in [3.63, 3.8) is 0 Å². The predicted molar refractivity (Wildman–Crippen MR) is 112 cm³/mol. The van der Waals surface area contributed by atoms with Crippen molar-refractivity contribution >= 4 is 34.3 Å². The normalized spacial score (nSPS) is 12.8. The number of hydrogen-bond acceptors (Lipinski definition) is 6. The second-order valence-electron chi connectivity index (χ2n) is 6.34. The van der Waals surface area contributed by atoms with Gasteiger partial charge in [0.05, 0.1) is 30.1 Å². The zero-order chi connectivity index (χ0) is 20.3. The van der Waals surface area contributed by atoms with Crippen LogP contribution in [0.15, 0.2) is 47.7 Å². The number of aliphatic hydroxyl groups excluding tert-OH is 1. The lowest BCUT2D eigenvalue weighted by Gasteiger charge is -2.12. The molecule has 8 heteroatoms. The fraction of sp³-hybridized carbons (Fsp3) is 0.200. The molecule has 3 N–H and O–H groups in total. The van der Waals surface area contributed by atoms with E-state index in [2.05, 4.69) is 15.3 Å². The highest BCUT2D eigenvalue weighted by molar-refractivity contribution is 6.30. The van der Waals surface area contributed by atoms with Crippen molar-refractivity contribution in [2.24, 2.45) is 0 Å².